The molecule has 3 rings (SSSR count). The summed E-state index contributed by atoms with van der Waals surface area (Å²) in [5.41, 5.74) is 6.40. The maximum Gasteiger partial charge on any atom is 0.325 e. The number of nitrogens with two attached hydrogens (primary N) is 1. The fraction of sp³-hybridized carbons (Fsp3) is 0.375. The summed E-state index contributed by atoms with van der Waals surface area (Å²) in [6.45, 7) is 3.90. The highest BCUT2D eigenvalue weighted by molar-refractivity contribution is 8.06. The second kappa shape index (κ2) is 8.51. The van der Waals surface area contributed by atoms with Crippen molar-refractivity contribution in [2.75, 3.05) is 12.3 Å². The fourth-order valence-corrected chi connectivity index (χ4v) is 5.34. The van der Waals surface area contributed by atoms with Crippen LogP contribution < -0.4 is 5.73 Å². The minimum Gasteiger partial charge on any atom is -0.460 e. The maximum absolute atomic E-state index is 12.7. The third-order valence-electron chi connectivity index (χ3n) is 4.29. The number of β-lactam (4-membered cyclic amide) rings is 1. The van der Waals surface area contributed by atoms with Gasteiger partial charge in [-0.15, -0.1) is 35.9 Å². The molecule has 0 saturated carbocycles. The number of hydrogen-bond donors (Lipinski definition) is 1. The number of thioether (sulfide) groups is 2. The average Bonchev–Trinajstić information content (AvgIpc) is 2.65. The van der Waals surface area contributed by atoms with Crippen LogP contribution in [0.3, 0.4) is 0 Å². The smallest absolute Gasteiger partial charge is 0.325 e. The Bertz CT molecular complexity index is 763. The van der Waals surface area contributed by atoms with Gasteiger partial charge in [-0.2, -0.15) is 0 Å². The molecule has 0 aromatic heterocycles. The first-order chi connectivity index (χ1) is 12.4. The zero-order chi connectivity index (χ0) is 18.9. The molecule has 2 N–H and O–H groups in total. The van der Waals surface area contributed by atoms with Crippen molar-refractivity contribution >= 4 is 53.5 Å². The van der Waals surface area contributed by atoms with E-state index in [1.165, 1.54) is 35.7 Å². The molecule has 2 aliphatic rings. The number of rotatable bonds is 6. The number of nitrogens with zero attached hydrogens (tertiary/aromatic N) is 2. The zero-order valence-corrected chi connectivity index (χ0v) is 16.6. The third-order valence-corrected chi connectivity index (χ3v) is 7.08. The molecule has 0 bridgehead atoms. The van der Waals surface area contributed by atoms with Gasteiger partial charge >= 0.3 is 5.97 Å². The van der Waals surface area contributed by atoms with Crippen molar-refractivity contribution in [2.45, 2.75) is 22.8 Å². The summed E-state index contributed by atoms with van der Waals surface area (Å²) < 4.78 is 4.50. The van der Waals surface area contributed by atoms with E-state index in [0.29, 0.717) is 11.3 Å². The second-order valence-electron chi connectivity index (χ2n) is 5.97. The Hall–Kier alpha value is -1.75. The molecular formula is C16H18ClN3O5S2. The van der Waals surface area contributed by atoms with Gasteiger partial charge in [-0.1, -0.05) is 6.58 Å². The van der Waals surface area contributed by atoms with E-state index in [0.717, 1.165) is 0 Å². The minimum atomic E-state index is -0.931. The molecule has 11 heteroatoms. The van der Waals surface area contributed by atoms with Crippen molar-refractivity contribution in [1.29, 1.82) is 0 Å². The van der Waals surface area contributed by atoms with Crippen LogP contribution in [0.25, 0.3) is 0 Å². The van der Waals surface area contributed by atoms with Crippen LogP contribution in [0, 0.1) is 10.1 Å². The molecule has 0 radical (unpaired) electrons. The molecule has 2 saturated heterocycles. The van der Waals surface area contributed by atoms with Gasteiger partial charge in [0.2, 0.25) is 5.91 Å². The number of non-ortho nitro benzene ring substituents is 1. The summed E-state index contributed by atoms with van der Waals surface area (Å²) in [5, 5.41) is 12.1. The molecule has 2 fully saturated rings. The number of fused-ring (bicyclic) bond motifs is 1. The van der Waals surface area contributed by atoms with Crippen LogP contribution in [-0.4, -0.2) is 50.2 Å². The predicted octanol–water partition coefficient (Wildman–Crippen LogP) is 1.92. The summed E-state index contributed by atoms with van der Waals surface area (Å²) in [7, 11) is 0. The Kier molecular flexibility index (Phi) is 6.79. The van der Waals surface area contributed by atoms with E-state index < -0.39 is 21.7 Å². The van der Waals surface area contributed by atoms with E-state index in [4.69, 9.17) is 10.5 Å². The number of benzene rings is 1. The van der Waals surface area contributed by atoms with Gasteiger partial charge in [0.1, 0.15) is 22.8 Å². The number of esters is 1. The van der Waals surface area contributed by atoms with Crippen molar-refractivity contribution < 1.29 is 19.2 Å². The second-order valence-corrected chi connectivity index (χ2v) is 8.43. The number of hydrogen-bond acceptors (Lipinski definition) is 8. The van der Waals surface area contributed by atoms with Crippen molar-refractivity contribution in [1.82, 2.24) is 4.90 Å². The van der Waals surface area contributed by atoms with Crippen LogP contribution in [-0.2, 0) is 20.9 Å². The van der Waals surface area contributed by atoms with Crippen molar-refractivity contribution in [2.24, 2.45) is 5.73 Å². The lowest BCUT2D eigenvalue weighted by Gasteiger charge is -2.52. The normalized spacial score (nSPS) is 26.3. The Labute approximate surface area is 170 Å². The highest BCUT2D eigenvalue weighted by atomic mass is 35.5. The summed E-state index contributed by atoms with van der Waals surface area (Å²) in [5.74, 6) is -0.148. The van der Waals surface area contributed by atoms with Gasteiger partial charge in [0.05, 0.1) is 4.92 Å². The lowest BCUT2D eigenvalue weighted by molar-refractivity contribution is -0.384. The SMILES string of the molecule is C=CSC1(C(=O)OCc2ccc([N+](=O)[O-])cc2)CS[C@@H]2C(N)C(=O)N2C1.Cl. The van der Waals surface area contributed by atoms with E-state index in [2.05, 4.69) is 6.58 Å². The molecule has 146 valence electrons. The van der Waals surface area contributed by atoms with Gasteiger partial charge in [0.15, 0.2) is 0 Å². The number of carbonyl (C=O) groups is 2. The third kappa shape index (κ3) is 4.08. The lowest BCUT2D eigenvalue weighted by atomic mass is 10.0. The van der Waals surface area contributed by atoms with Gasteiger partial charge in [-0.3, -0.25) is 19.7 Å². The van der Waals surface area contributed by atoms with E-state index >= 15 is 0 Å². The van der Waals surface area contributed by atoms with Crippen molar-refractivity contribution in [3.05, 3.63) is 51.9 Å². The van der Waals surface area contributed by atoms with Crippen molar-refractivity contribution in [3.8, 4) is 0 Å². The average molecular weight is 432 g/mol. The Morgan fingerprint density at radius 3 is 2.78 bits per heavy atom. The zero-order valence-electron chi connectivity index (χ0n) is 14.1. The van der Waals surface area contributed by atoms with E-state index in [1.54, 1.807) is 22.4 Å². The molecule has 2 heterocycles. The maximum atomic E-state index is 12.7. The van der Waals surface area contributed by atoms with E-state index in [-0.39, 0.29) is 42.5 Å². The van der Waals surface area contributed by atoms with Gasteiger partial charge in [0, 0.05) is 24.4 Å². The summed E-state index contributed by atoms with van der Waals surface area (Å²) in [6, 6.07) is 5.30. The molecule has 0 aliphatic carbocycles. The number of halogens is 1. The van der Waals surface area contributed by atoms with Gasteiger partial charge in [-0.05, 0) is 23.1 Å². The molecule has 0 spiro atoms. The molecule has 2 aliphatic heterocycles. The minimum absolute atomic E-state index is 0. The predicted molar refractivity (Wildman–Crippen MR) is 107 cm³/mol. The van der Waals surface area contributed by atoms with Crippen LogP contribution >= 0.6 is 35.9 Å². The first-order valence-corrected chi connectivity index (χ1v) is 9.68. The van der Waals surface area contributed by atoms with Crippen LogP contribution in [0.15, 0.2) is 36.3 Å². The fourth-order valence-electron chi connectivity index (χ4n) is 2.85. The van der Waals surface area contributed by atoms with Crippen molar-refractivity contribution in [3.63, 3.8) is 0 Å². The van der Waals surface area contributed by atoms with Crippen LogP contribution in [0.1, 0.15) is 5.56 Å². The standard InChI is InChI=1S/C16H17N3O5S2.ClH/c1-2-26-16(8-18-13(20)12(17)14(18)25-9-16)15(21)24-7-10-3-5-11(6-4-10)19(22)23;/h2-6,12,14H,1,7-9,17H2;1H/t12?,14-,16?;/m1./s1. The number of amides is 1. The Balaban J connectivity index is 0.00000261. The van der Waals surface area contributed by atoms with Gasteiger partial charge in [0.25, 0.3) is 5.69 Å². The molecule has 1 aromatic rings. The van der Waals surface area contributed by atoms with Gasteiger partial charge < -0.3 is 15.4 Å². The molecule has 27 heavy (non-hydrogen) atoms. The number of carbonyl (C=O) groups excluding carboxylic acids is 2. The first-order valence-electron chi connectivity index (χ1n) is 7.75. The molecule has 3 atom stereocenters. The molecular weight excluding hydrogens is 414 g/mol. The monoisotopic (exact) mass is 431 g/mol. The number of nitro benzene ring substituents is 1. The number of nitro groups is 1. The highest BCUT2D eigenvalue weighted by Gasteiger charge is 2.56. The summed E-state index contributed by atoms with van der Waals surface area (Å²) in [4.78, 5) is 36.4. The Morgan fingerprint density at radius 2 is 2.19 bits per heavy atom. The topological polar surface area (TPSA) is 116 Å². The first kappa shape index (κ1) is 21.5. The Morgan fingerprint density at radius 1 is 1.52 bits per heavy atom. The summed E-state index contributed by atoms with van der Waals surface area (Å²) in [6.07, 6.45) is 0. The molecule has 1 amide bonds. The summed E-state index contributed by atoms with van der Waals surface area (Å²) >= 11 is 2.70. The number of ether oxygens (including phenoxy) is 1. The van der Waals surface area contributed by atoms with Crippen LogP contribution in [0.5, 0.6) is 0 Å². The lowest BCUT2D eigenvalue weighted by Crippen LogP contribution is -2.73. The van der Waals surface area contributed by atoms with Crippen LogP contribution in [0.4, 0.5) is 5.69 Å². The molecule has 1 aromatic carbocycles. The van der Waals surface area contributed by atoms with E-state index in [9.17, 15) is 19.7 Å². The molecule has 8 nitrogen and oxygen atoms in total. The quantitative estimate of drug-likeness (QED) is 0.314. The largest absolute Gasteiger partial charge is 0.460 e. The van der Waals surface area contributed by atoms with E-state index in [1.807, 2.05) is 0 Å². The molecule has 2 unspecified atom stereocenters. The van der Waals surface area contributed by atoms with Crippen LogP contribution in [0.2, 0.25) is 0 Å². The van der Waals surface area contributed by atoms with Gasteiger partial charge in [-0.25, -0.2) is 0 Å². The highest BCUT2D eigenvalue weighted by Crippen LogP contribution is 2.44.